The standard InChI is InChI=1S/C12H22N2O4/c1-12(2,3)18-11(16)14-9-5-6-13-7-8(9)10(15)17-4/h8-9,13H,5-7H2,1-4H3,(H,14,16)/t8-,9-/m0/s1. The highest BCUT2D eigenvalue weighted by Crippen LogP contribution is 2.14. The number of ether oxygens (including phenoxy) is 2. The Morgan fingerprint density at radius 3 is 2.56 bits per heavy atom. The maximum Gasteiger partial charge on any atom is 0.407 e. The molecule has 1 aliphatic rings. The van der Waals surface area contributed by atoms with E-state index >= 15 is 0 Å². The van der Waals surface area contributed by atoms with E-state index in [0.717, 1.165) is 6.54 Å². The zero-order valence-electron chi connectivity index (χ0n) is 11.4. The van der Waals surface area contributed by atoms with Gasteiger partial charge in [0.25, 0.3) is 0 Å². The van der Waals surface area contributed by atoms with Gasteiger partial charge < -0.3 is 20.1 Å². The van der Waals surface area contributed by atoms with Crippen LogP contribution in [0.2, 0.25) is 0 Å². The van der Waals surface area contributed by atoms with Crippen LogP contribution in [-0.4, -0.2) is 43.9 Å². The first kappa shape index (κ1) is 14.8. The molecular formula is C12H22N2O4. The van der Waals surface area contributed by atoms with Crippen LogP contribution in [0.5, 0.6) is 0 Å². The van der Waals surface area contributed by atoms with Crippen LogP contribution in [0.4, 0.5) is 4.79 Å². The summed E-state index contributed by atoms with van der Waals surface area (Å²) in [6, 6.07) is -0.242. The Kier molecular flexibility index (Phi) is 4.95. The van der Waals surface area contributed by atoms with E-state index in [9.17, 15) is 9.59 Å². The number of alkyl carbamates (subject to hydrolysis) is 1. The van der Waals surface area contributed by atoms with Crippen LogP contribution in [0.3, 0.4) is 0 Å². The molecule has 0 unspecified atom stereocenters. The number of nitrogens with one attached hydrogen (secondary N) is 2. The summed E-state index contributed by atoms with van der Waals surface area (Å²) in [6.07, 6.45) is 0.183. The molecule has 1 saturated heterocycles. The minimum Gasteiger partial charge on any atom is -0.469 e. The fourth-order valence-electron chi connectivity index (χ4n) is 1.89. The first-order valence-electron chi connectivity index (χ1n) is 6.11. The van der Waals surface area contributed by atoms with Crippen molar-refractivity contribution < 1.29 is 19.1 Å². The third-order valence-corrected chi connectivity index (χ3v) is 2.69. The largest absolute Gasteiger partial charge is 0.469 e. The number of carbonyl (C=O) groups excluding carboxylic acids is 2. The van der Waals surface area contributed by atoms with Crippen molar-refractivity contribution >= 4 is 12.1 Å². The van der Waals surface area contributed by atoms with Gasteiger partial charge in [0.05, 0.1) is 13.0 Å². The van der Waals surface area contributed by atoms with E-state index in [0.29, 0.717) is 13.0 Å². The van der Waals surface area contributed by atoms with Crippen LogP contribution >= 0.6 is 0 Å². The fourth-order valence-corrected chi connectivity index (χ4v) is 1.89. The summed E-state index contributed by atoms with van der Waals surface area (Å²) in [6.45, 7) is 6.66. The number of hydrogen-bond acceptors (Lipinski definition) is 5. The summed E-state index contributed by atoms with van der Waals surface area (Å²) in [5.74, 6) is -0.681. The zero-order chi connectivity index (χ0) is 13.8. The second-order valence-corrected chi connectivity index (χ2v) is 5.38. The maximum atomic E-state index is 11.7. The van der Waals surface area contributed by atoms with E-state index in [1.165, 1.54) is 7.11 Å². The normalized spacial score (nSPS) is 24.2. The first-order chi connectivity index (χ1) is 8.33. The Labute approximate surface area is 107 Å². The lowest BCUT2D eigenvalue weighted by atomic mass is 9.93. The van der Waals surface area contributed by atoms with Gasteiger partial charge in [-0.25, -0.2) is 4.79 Å². The molecular weight excluding hydrogens is 236 g/mol. The van der Waals surface area contributed by atoms with Crippen LogP contribution in [-0.2, 0) is 14.3 Å². The van der Waals surface area contributed by atoms with Gasteiger partial charge >= 0.3 is 12.1 Å². The molecule has 0 saturated carbocycles. The molecule has 0 spiro atoms. The van der Waals surface area contributed by atoms with Crippen molar-refractivity contribution in [2.75, 3.05) is 20.2 Å². The van der Waals surface area contributed by atoms with E-state index in [1.54, 1.807) is 20.8 Å². The van der Waals surface area contributed by atoms with Gasteiger partial charge in [0.1, 0.15) is 5.60 Å². The molecule has 104 valence electrons. The lowest BCUT2D eigenvalue weighted by Gasteiger charge is -2.31. The van der Waals surface area contributed by atoms with Gasteiger partial charge in [0.2, 0.25) is 0 Å². The lowest BCUT2D eigenvalue weighted by molar-refractivity contribution is -0.146. The average Bonchev–Trinajstić information content (AvgIpc) is 2.26. The van der Waals surface area contributed by atoms with Gasteiger partial charge in [-0.05, 0) is 33.7 Å². The van der Waals surface area contributed by atoms with Crippen molar-refractivity contribution in [2.45, 2.75) is 38.8 Å². The highest BCUT2D eigenvalue weighted by Gasteiger charge is 2.33. The topological polar surface area (TPSA) is 76.7 Å². The number of esters is 1. The fraction of sp³-hybridized carbons (Fsp3) is 0.833. The Morgan fingerprint density at radius 2 is 2.00 bits per heavy atom. The molecule has 0 aromatic heterocycles. The molecule has 6 nitrogen and oxygen atoms in total. The second kappa shape index (κ2) is 6.04. The van der Waals surface area contributed by atoms with Gasteiger partial charge in [0, 0.05) is 12.6 Å². The van der Waals surface area contributed by atoms with Crippen LogP contribution in [0.25, 0.3) is 0 Å². The quantitative estimate of drug-likeness (QED) is 0.712. The monoisotopic (exact) mass is 258 g/mol. The molecule has 2 N–H and O–H groups in total. The first-order valence-corrected chi connectivity index (χ1v) is 6.11. The van der Waals surface area contributed by atoms with Gasteiger partial charge in [-0.1, -0.05) is 0 Å². The number of amides is 1. The summed E-state index contributed by atoms with van der Waals surface area (Å²) in [4.78, 5) is 23.3. The predicted molar refractivity (Wildman–Crippen MR) is 66.2 cm³/mol. The minimum absolute atomic E-state index is 0.242. The Morgan fingerprint density at radius 1 is 1.33 bits per heavy atom. The molecule has 0 aromatic carbocycles. The summed E-state index contributed by atoms with van der Waals surface area (Å²) in [5.41, 5.74) is -0.544. The summed E-state index contributed by atoms with van der Waals surface area (Å²) < 4.78 is 9.91. The van der Waals surface area contributed by atoms with Crippen molar-refractivity contribution in [3.8, 4) is 0 Å². The van der Waals surface area contributed by atoms with Crippen LogP contribution in [0.15, 0.2) is 0 Å². The van der Waals surface area contributed by atoms with Crippen molar-refractivity contribution in [2.24, 2.45) is 5.92 Å². The zero-order valence-corrected chi connectivity index (χ0v) is 11.4. The minimum atomic E-state index is -0.544. The molecule has 1 heterocycles. The van der Waals surface area contributed by atoms with Crippen molar-refractivity contribution in [1.82, 2.24) is 10.6 Å². The Bertz CT molecular complexity index is 312. The van der Waals surface area contributed by atoms with Gasteiger partial charge in [0.15, 0.2) is 0 Å². The van der Waals surface area contributed by atoms with E-state index in [2.05, 4.69) is 10.6 Å². The van der Waals surface area contributed by atoms with Gasteiger partial charge in [-0.2, -0.15) is 0 Å². The van der Waals surface area contributed by atoms with Crippen molar-refractivity contribution in [1.29, 1.82) is 0 Å². The number of carbonyl (C=O) groups is 2. The molecule has 18 heavy (non-hydrogen) atoms. The second-order valence-electron chi connectivity index (χ2n) is 5.38. The number of rotatable bonds is 2. The number of piperidine rings is 1. The predicted octanol–water partition coefficient (Wildman–Crippen LogP) is 0.662. The number of hydrogen-bond donors (Lipinski definition) is 2. The van der Waals surface area contributed by atoms with E-state index < -0.39 is 11.7 Å². The van der Waals surface area contributed by atoms with Gasteiger partial charge in [-0.15, -0.1) is 0 Å². The molecule has 0 aliphatic carbocycles. The van der Waals surface area contributed by atoms with Gasteiger partial charge in [-0.3, -0.25) is 4.79 Å². The highest BCUT2D eigenvalue weighted by molar-refractivity contribution is 5.75. The third-order valence-electron chi connectivity index (χ3n) is 2.69. The molecule has 0 bridgehead atoms. The third kappa shape index (κ3) is 4.52. The van der Waals surface area contributed by atoms with Crippen molar-refractivity contribution in [3.63, 3.8) is 0 Å². The summed E-state index contributed by atoms with van der Waals surface area (Å²) in [5, 5.41) is 5.85. The van der Waals surface area contributed by atoms with Crippen LogP contribution in [0, 0.1) is 5.92 Å². The molecule has 1 amide bonds. The molecule has 0 radical (unpaired) electrons. The molecule has 1 rings (SSSR count). The smallest absolute Gasteiger partial charge is 0.407 e. The molecule has 0 aromatic rings. The van der Waals surface area contributed by atoms with E-state index in [4.69, 9.17) is 9.47 Å². The average molecular weight is 258 g/mol. The lowest BCUT2D eigenvalue weighted by Crippen LogP contribution is -2.53. The summed E-state index contributed by atoms with van der Waals surface area (Å²) in [7, 11) is 1.35. The van der Waals surface area contributed by atoms with E-state index in [-0.39, 0.29) is 17.9 Å². The molecule has 2 atom stereocenters. The summed E-state index contributed by atoms with van der Waals surface area (Å²) >= 11 is 0. The van der Waals surface area contributed by atoms with Crippen LogP contribution in [0.1, 0.15) is 27.2 Å². The molecule has 1 fully saturated rings. The Hall–Kier alpha value is -1.30. The molecule has 1 aliphatic heterocycles. The van der Waals surface area contributed by atoms with Crippen molar-refractivity contribution in [3.05, 3.63) is 0 Å². The van der Waals surface area contributed by atoms with E-state index in [1.807, 2.05) is 0 Å². The van der Waals surface area contributed by atoms with Crippen LogP contribution < -0.4 is 10.6 Å². The maximum absolute atomic E-state index is 11.7. The highest BCUT2D eigenvalue weighted by atomic mass is 16.6. The number of methoxy groups -OCH3 is 1. The SMILES string of the molecule is COC(=O)[C@H]1CNCC[C@@H]1NC(=O)OC(C)(C)C. The molecule has 6 heteroatoms. The Balaban J connectivity index is 2.57.